The lowest BCUT2D eigenvalue weighted by Gasteiger charge is -2.07. The van der Waals surface area contributed by atoms with Crippen molar-refractivity contribution in [2.45, 2.75) is 6.42 Å². The van der Waals surface area contributed by atoms with E-state index in [1.807, 2.05) is 6.07 Å². The zero-order valence-electron chi connectivity index (χ0n) is 10.6. The normalized spacial score (nSPS) is 10.2. The van der Waals surface area contributed by atoms with Crippen LogP contribution in [0.2, 0.25) is 0 Å². The van der Waals surface area contributed by atoms with Crippen molar-refractivity contribution >= 4 is 23.1 Å². The fraction of sp³-hybridized carbons (Fsp3) is 0.133. The number of ketones is 1. The Morgan fingerprint density at radius 1 is 1.15 bits per heavy atom. The van der Waals surface area contributed by atoms with Crippen LogP contribution in [0.3, 0.4) is 0 Å². The maximum atomic E-state index is 12.4. The van der Waals surface area contributed by atoms with Gasteiger partial charge in [0, 0.05) is 29.1 Å². The highest BCUT2D eigenvalue weighted by Gasteiger charge is 2.16. The Bertz CT molecular complexity index is 641. The van der Waals surface area contributed by atoms with Crippen molar-refractivity contribution in [3.05, 3.63) is 75.3 Å². The third-order valence-electron chi connectivity index (χ3n) is 2.94. The Balaban J connectivity index is 2.45. The minimum absolute atomic E-state index is 0.0327. The van der Waals surface area contributed by atoms with Crippen molar-refractivity contribution in [2.75, 3.05) is 5.88 Å². The van der Waals surface area contributed by atoms with Crippen LogP contribution in [-0.4, -0.2) is 16.6 Å². The standard InChI is InChI=1S/C15H12ClNO3/c16-9-8-12-10-13(17(19)20)6-7-14(12)15(18)11-4-2-1-3-5-11/h1-7,10H,8-9H2. The summed E-state index contributed by atoms with van der Waals surface area (Å²) in [7, 11) is 0. The van der Waals surface area contributed by atoms with E-state index in [0.717, 1.165) is 0 Å². The van der Waals surface area contributed by atoms with Crippen molar-refractivity contribution in [3.8, 4) is 0 Å². The minimum Gasteiger partial charge on any atom is -0.289 e. The summed E-state index contributed by atoms with van der Waals surface area (Å²) in [5.74, 6) is 0.150. The monoisotopic (exact) mass is 289 g/mol. The van der Waals surface area contributed by atoms with Gasteiger partial charge in [-0.2, -0.15) is 0 Å². The second-order valence-corrected chi connectivity index (χ2v) is 4.61. The molecule has 0 fully saturated rings. The third-order valence-corrected chi connectivity index (χ3v) is 3.13. The van der Waals surface area contributed by atoms with Crippen molar-refractivity contribution in [1.82, 2.24) is 0 Å². The number of carbonyl (C=O) groups is 1. The summed E-state index contributed by atoms with van der Waals surface area (Å²) in [5, 5.41) is 10.8. The number of non-ortho nitro benzene ring substituents is 1. The van der Waals surface area contributed by atoms with Crippen molar-refractivity contribution in [2.24, 2.45) is 0 Å². The average Bonchev–Trinajstić information content (AvgIpc) is 2.47. The molecule has 0 saturated heterocycles. The van der Waals surface area contributed by atoms with Crippen LogP contribution in [0.25, 0.3) is 0 Å². The highest BCUT2D eigenvalue weighted by atomic mass is 35.5. The number of aryl methyl sites for hydroxylation is 1. The Morgan fingerprint density at radius 2 is 1.85 bits per heavy atom. The number of alkyl halides is 1. The summed E-state index contributed by atoms with van der Waals surface area (Å²) < 4.78 is 0. The third kappa shape index (κ3) is 3.03. The van der Waals surface area contributed by atoms with Crippen LogP contribution in [0.4, 0.5) is 5.69 Å². The highest BCUT2D eigenvalue weighted by Crippen LogP contribution is 2.21. The molecule has 0 amide bonds. The first-order valence-electron chi connectivity index (χ1n) is 6.06. The number of carbonyl (C=O) groups excluding carboxylic acids is 1. The minimum atomic E-state index is -0.478. The molecule has 0 unspecified atom stereocenters. The van der Waals surface area contributed by atoms with E-state index in [-0.39, 0.29) is 11.5 Å². The van der Waals surface area contributed by atoms with Gasteiger partial charge in [-0.25, -0.2) is 0 Å². The van der Waals surface area contributed by atoms with Crippen LogP contribution in [0, 0.1) is 10.1 Å². The molecule has 2 aromatic rings. The molecule has 2 rings (SSSR count). The van der Waals surface area contributed by atoms with Crippen molar-refractivity contribution in [3.63, 3.8) is 0 Å². The topological polar surface area (TPSA) is 60.2 Å². The fourth-order valence-corrected chi connectivity index (χ4v) is 2.17. The molecule has 0 radical (unpaired) electrons. The fourth-order valence-electron chi connectivity index (χ4n) is 1.97. The molecule has 20 heavy (non-hydrogen) atoms. The van der Waals surface area contributed by atoms with E-state index in [2.05, 4.69) is 0 Å². The van der Waals surface area contributed by atoms with Crippen LogP contribution in [0.5, 0.6) is 0 Å². The van der Waals surface area contributed by atoms with Gasteiger partial charge in [0.1, 0.15) is 0 Å². The maximum Gasteiger partial charge on any atom is 0.269 e. The number of nitro groups is 1. The summed E-state index contributed by atoms with van der Waals surface area (Å²) in [6.45, 7) is 0. The lowest BCUT2D eigenvalue weighted by Crippen LogP contribution is -2.06. The summed E-state index contributed by atoms with van der Waals surface area (Å²) >= 11 is 5.71. The van der Waals surface area contributed by atoms with Gasteiger partial charge in [0.2, 0.25) is 0 Å². The molecule has 0 heterocycles. The van der Waals surface area contributed by atoms with Crippen LogP contribution in [0.1, 0.15) is 21.5 Å². The van der Waals surface area contributed by atoms with E-state index in [4.69, 9.17) is 11.6 Å². The first-order valence-corrected chi connectivity index (χ1v) is 6.60. The summed E-state index contributed by atoms with van der Waals surface area (Å²) in [5.41, 5.74) is 1.58. The van der Waals surface area contributed by atoms with Gasteiger partial charge in [-0.05, 0) is 18.1 Å². The Morgan fingerprint density at radius 3 is 2.45 bits per heavy atom. The molecule has 0 saturated carbocycles. The van der Waals surface area contributed by atoms with E-state index in [9.17, 15) is 14.9 Å². The first-order chi connectivity index (χ1) is 9.63. The molecule has 5 heteroatoms. The number of halogens is 1. The summed E-state index contributed by atoms with van der Waals surface area (Å²) in [6.07, 6.45) is 0.414. The van der Waals surface area contributed by atoms with Crippen LogP contribution < -0.4 is 0 Å². The van der Waals surface area contributed by atoms with Gasteiger partial charge in [0.25, 0.3) is 5.69 Å². The Kier molecular flexibility index (Phi) is 4.48. The predicted molar refractivity (Wildman–Crippen MR) is 77.4 cm³/mol. The van der Waals surface area contributed by atoms with Gasteiger partial charge < -0.3 is 0 Å². The number of rotatable bonds is 5. The molecule has 0 aliphatic carbocycles. The number of nitro benzene ring substituents is 1. The molecule has 0 N–H and O–H groups in total. The van der Waals surface area contributed by atoms with Gasteiger partial charge in [0.15, 0.2) is 5.78 Å². The molecule has 2 aromatic carbocycles. The van der Waals surface area contributed by atoms with Crippen LogP contribution in [0.15, 0.2) is 48.5 Å². The highest BCUT2D eigenvalue weighted by molar-refractivity contribution is 6.18. The van der Waals surface area contributed by atoms with E-state index in [0.29, 0.717) is 29.0 Å². The van der Waals surface area contributed by atoms with Crippen LogP contribution >= 0.6 is 11.6 Å². The largest absolute Gasteiger partial charge is 0.289 e. The van der Waals surface area contributed by atoms with Gasteiger partial charge in [-0.1, -0.05) is 30.3 Å². The Hall–Kier alpha value is -2.20. The van der Waals surface area contributed by atoms with Gasteiger partial charge in [-0.15, -0.1) is 11.6 Å². The second kappa shape index (κ2) is 6.30. The molecule has 0 aliphatic heterocycles. The lowest BCUT2D eigenvalue weighted by atomic mass is 9.96. The molecule has 102 valence electrons. The zero-order chi connectivity index (χ0) is 14.5. The van der Waals surface area contributed by atoms with E-state index < -0.39 is 4.92 Å². The van der Waals surface area contributed by atoms with Gasteiger partial charge >= 0.3 is 0 Å². The predicted octanol–water partition coefficient (Wildman–Crippen LogP) is 3.61. The molecule has 4 nitrogen and oxygen atoms in total. The first kappa shape index (κ1) is 14.2. The van der Waals surface area contributed by atoms with Crippen molar-refractivity contribution in [1.29, 1.82) is 0 Å². The van der Waals surface area contributed by atoms with E-state index in [1.165, 1.54) is 18.2 Å². The number of hydrogen-bond acceptors (Lipinski definition) is 3. The molecule has 0 spiro atoms. The molecule has 0 atom stereocenters. The Labute approximate surface area is 121 Å². The molecular weight excluding hydrogens is 278 g/mol. The summed E-state index contributed by atoms with van der Waals surface area (Å²) in [6, 6.07) is 13.1. The quantitative estimate of drug-likeness (QED) is 0.366. The molecule has 0 aromatic heterocycles. The maximum absolute atomic E-state index is 12.4. The van der Waals surface area contributed by atoms with Crippen LogP contribution in [-0.2, 0) is 6.42 Å². The molecule has 0 bridgehead atoms. The number of benzene rings is 2. The van der Waals surface area contributed by atoms with Crippen molar-refractivity contribution < 1.29 is 9.72 Å². The molecule has 0 aliphatic rings. The summed E-state index contributed by atoms with van der Waals surface area (Å²) in [4.78, 5) is 22.7. The smallest absolute Gasteiger partial charge is 0.269 e. The SMILES string of the molecule is O=C(c1ccccc1)c1ccc([N+](=O)[O-])cc1CCCl. The second-order valence-electron chi connectivity index (χ2n) is 4.23. The number of hydrogen-bond donors (Lipinski definition) is 0. The van der Waals surface area contributed by atoms with E-state index in [1.54, 1.807) is 24.3 Å². The van der Waals surface area contributed by atoms with Gasteiger partial charge in [-0.3, -0.25) is 14.9 Å². The number of nitrogens with zero attached hydrogens (tertiary/aromatic N) is 1. The molecular formula is C15H12ClNO3. The van der Waals surface area contributed by atoms with Gasteiger partial charge in [0.05, 0.1) is 4.92 Å². The van der Waals surface area contributed by atoms with E-state index >= 15 is 0 Å². The average molecular weight is 290 g/mol. The zero-order valence-corrected chi connectivity index (χ0v) is 11.3. The lowest BCUT2D eigenvalue weighted by molar-refractivity contribution is -0.384.